The van der Waals surface area contributed by atoms with Gasteiger partial charge >= 0.3 is 6.09 Å². The monoisotopic (exact) mass is 460 g/mol. The zero-order chi connectivity index (χ0) is 24.9. The molecule has 0 radical (unpaired) electrons. The van der Waals surface area contributed by atoms with E-state index in [0.29, 0.717) is 24.0 Å². The van der Waals surface area contributed by atoms with E-state index in [1.165, 1.54) is 0 Å². The number of hydrogen-bond donors (Lipinski definition) is 1. The molecule has 2 N–H and O–H groups in total. The van der Waals surface area contributed by atoms with E-state index in [-0.39, 0.29) is 18.3 Å². The molecule has 178 valence electrons. The number of ether oxygens (including phenoxy) is 1. The van der Waals surface area contributed by atoms with Gasteiger partial charge in [0.15, 0.2) is 5.78 Å². The van der Waals surface area contributed by atoms with Crippen LogP contribution in [0, 0.1) is 5.92 Å². The van der Waals surface area contributed by atoms with Gasteiger partial charge in [0, 0.05) is 16.5 Å². The zero-order valence-corrected chi connectivity index (χ0v) is 19.8. The molecule has 0 saturated carbocycles. The number of cyclic esters (lactones) is 1. The summed E-state index contributed by atoms with van der Waals surface area (Å²) in [5.74, 6) is -0.487. The average Bonchev–Trinajstić information content (AvgIpc) is 3.22. The highest BCUT2D eigenvalue weighted by Crippen LogP contribution is 2.30. The predicted molar refractivity (Wildman–Crippen MR) is 132 cm³/mol. The highest BCUT2D eigenvalue weighted by molar-refractivity contribution is 6.09. The van der Waals surface area contributed by atoms with Crippen molar-refractivity contribution in [1.82, 2.24) is 4.90 Å². The van der Waals surface area contributed by atoms with E-state index in [4.69, 9.17) is 10.5 Å². The third-order valence-electron chi connectivity index (χ3n) is 6.55. The van der Waals surface area contributed by atoms with Crippen LogP contribution in [0.2, 0.25) is 0 Å². The first-order valence-corrected chi connectivity index (χ1v) is 11.4. The summed E-state index contributed by atoms with van der Waals surface area (Å²) in [5, 5.41) is 0. The van der Waals surface area contributed by atoms with Crippen LogP contribution in [-0.2, 0) is 14.9 Å². The molecule has 3 atom stereocenters. The summed E-state index contributed by atoms with van der Waals surface area (Å²) < 4.78 is 5.19. The van der Waals surface area contributed by atoms with Crippen molar-refractivity contribution < 1.29 is 19.1 Å². The van der Waals surface area contributed by atoms with Crippen molar-refractivity contribution in [2.75, 3.05) is 6.61 Å². The Labute approximate surface area is 201 Å². The highest BCUT2D eigenvalue weighted by Gasteiger charge is 2.44. The average molecular weight is 461 g/mol. The number of amides is 2. The predicted octanol–water partition coefficient (Wildman–Crippen LogP) is 4.64. The van der Waals surface area contributed by atoms with Crippen LogP contribution in [0.4, 0.5) is 4.79 Å². The molecule has 2 aromatic rings. The Balaban J connectivity index is 1.78. The van der Waals surface area contributed by atoms with Gasteiger partial charge in [-0.1, -0.05) is 80.6 Å². The second-order valence-electron chi connectivity index (χ2n) is 9.17. The van der Waals surface area contributed by atoms with Gasteiger partial charge in [-0.05, 0) is 24.3 Å². The van der Waals surface area contributed by atoms with Crippen molar-refractivity contribution in [1.29, 1.82) is 0 Å². The molecule has 1 aliphatic heterocycles. The Hall–Kier alpha value is -3.51. The van der Waals surface area contributed by atoms with Gasteiger partial charge in [0.25, 0.3) is 0 Å². The van der Waals surface area contributed by atoms with Crippen LogP contribution in [0.25, 0.3) is 0 Å². The van der Waals surface area contributed by atoms with E-state index in [2.05, 4.69) is 13.2 Å². The lowest BCUT2D eigenvalue weighted by Crippen LogP contribution is -2.55. The number of rotatable bonds is 10. The van der Waals surface area contributed by atoms with E-state index >= 15 is 0 Å². The van der Waals surface area contributed by atoms with Crippen molar-refractivity contribution in [3.8, 4) is 0 Å². The number of allylic oxidation sites excluding steroid dienone is 2. The van der Waals surface area contributed by atoms with Crippen molar-refractivity contribution in [2.24, 2.45) is 11.7 Å². The quantitative estimate of drug-likeness (QED) is 0.412. The number of carbonyl (C=O) groups excluding carboxylic acids is 3. The van der Waals surface area contributed by atoms with Crippen LogP contribution in [0.5, 0.6) is 0 Å². The fourth-order valence-corrected chi connectivity index (χ4v) is 4.20. The molecule has 0 spiro atoms. The summed E-state index contributed by atoms with van der Waals surface area (Å²) in [6, 6.07) is 14.7. The summed E-state index contributed by atoms with van der Waals surface area (Å²) in [7, 11) is 0. The maximum Gasteiger partial charge on any atom is 0.417 e. The third-order valence-corrected chi connectivity index (χ3v) is 6.55. The summed E-state index contributed by atoms with van der Waals surface area (Å²) in [6.45, 7) is 11.4. The van der Waals surface area contributed by atoms with E-state index in [9.17, 15) is 14.4 Å². The first-order chi connectivity index (χ1) is 16.2. The lowest BCUT2D eigenvalue weighted by atomic mass is 9.77. The van der Waals surface area contributed by atoms with Crippen molar-refractivity contribution >= 4 is 17.8 Å². The number of nitrogens with zero attached hydrogens (tertiary/aromatic N) is 1. The Morgan fingerprint density at radius 1 is 1.12 bits per heavy atom. The van der Waals surface area contributed by atoms with Gasteiger partial charge in [-0.15, -0.1) is 13.2 Å². The molecular weight excluding hydrogens is 428 g/mol. The van der Waals surface area contributed by atoms with Crippen LogP contribution < -0.4 is 5.73 Å². The molecule has 34 heavy (non-hydrogen) atoms. The third kappa shape index (κ3) is 5.18. The molecule has 0 aromatic heterocycles. The minimum Gasteiger partial charge on any atom is -0.447 e. The molecule has 0 bridgehead atoms. The van der Waals surface area contributed by atoms with Gasteiger partial charge in [0.1, 0.15) is 6.61 Å². The molecule has 6 nitrogen and oxygen atoms in total. The summed E-state index contributed by atoms with van der Waals surface area (Å²) >= 11 is 0. The second kappa shape index (κ2) is 10.6. The molecular formula is C28H32N2O4. The smallest absolute Gasteiger partial charge is 0.417 e. The lowest BCUT2D eigenvalue weighted by Gasteiger charge is -2.34. The van der Waals surface area contributed by atoms with Gasteiger partial charge in [0.2, 0.25) is 5.91 Å². The van der Waals surface area contributed by atoms with E-state index < -0.39 is 29.5 Å². The first-order valence-electron chi connectivity index (χ1n) is 11.4. The molecule has 1 saturated heterocycles. The Morgan fingerprint density at radius 2 is 1.74 bits per heavy atom. The fraction of sp³-hybridized carbons (Fsp3) is 0.321. The molecule has 1 unspecified atom stereocenters. The highest BCUT2D eigenvalue weighted by atomic mass is 16.6. The second-order valence-corrected chi connectivity index (χ2v) is 9.17. The van der Waals surface area contributed by atoms with Gasteiger partial charge in [-0.25, -0.2) is 9.69 Å². The number of imide groups is 1. The van der Waals surface area contributed by atoms with Crippen molar-refractivity contribution in [3.05, 3.63) is 96.6 Å². The van der Waals surface area contributed by atoms with Crippen molar-refractivity contribution in [2.45, 2.75) is 44.2 Å². The molecule has 1 fully saturated rings. The zero-order valence-electron chi connectivity index (χ0n) is 19.8. The molecule has 3 rings (SSSR count). The SMILES string of the molecule is C=CCC(C=C)C[C@H]1COC(=O)N1C(=O)[C@@H](N)C(C)(C)c1ccc(C(=O)c2ccccc2)cc1. The van der Waals surface area contributed by atoms with Gasteiger partial charge in [-0.3, -0.25) is 9.59 Å². The normalized spacial score (nSPS) is 17.6. The molecule has 1 heterocycles. The fourth-order valence-electron chi connectivity index (χ4n) is 4.20. The maximum atomic E-state index is 13.4. The number of carbonyl (C=O) groups is 3. The van der Waals surface area contributed by atoms with Gasteiger partial charge in [0.05, 0.1) is 12.1 Å². The summed E-state index contributed by atoms with van der Waals surface area (Å²) in [6.07, 6.45) is 4.15. The molecule has 6 heteroatoms. The van der Waals surface area contributed by atoms with Crippen molar-refractivity contribution in [3.63, 3.8) is 0 Å². The number of benzene rings is 2. The van der Waals surface area contributed by atoms with Crippen LogP contribution in [-0.4, -0.2) is 41.4 Å². The molecule has 2 aromatic carbocycles. The largest absolute Gasteiger partial charge is 0.447 e. The minimum absolute atomic E-state index is 0.0752. The molecule has 0 aliphatic carbocycles. The van der Waals surface area contributed by atoms with Crippen LogP contribution in [0.15, 0.2) is 79.9 Å². The summed E-state index contributed by atoms with van der Waals surface area (Å²) in [4.78, 5) is 39.7. The Bertz CT molecular complexity index is 1060. The van der Waals surface area contributed by atoms with Gasteiger partial charge in [-0.2, -0.15) is 0 Å². The minimum atomic E-state index is -0.988. The number of ketones is 1. The Kier molecular flexibility index (Phi) is 7.84. The Morgan fingerprint density at radius 3 is 2.32 bits per heavy atom. The number of nitrogens with two attached hydrogens (primary N) is 1. The van der Waals surface area contributed by atoms with E-state index in [1.54, 1.807) is 48.6 Å². The number of hydrogen-bond acceptors (Lipinski definition) is 5. The maximum absolute atomic E-state index is 13.4. The van der Waals surface area contributed by atoms with Crippen LogP contribution in [0.3, 0.4) is 0 Å². The first kappa shape index (κ1) is 25.1. The van der Waals surface area contributed by atoms with Crippen LogP contribution in [0.1, 0.15) is 48.2 Å². The van der Waals surface area contributed by atoms with E-state index in [0.717, 1.165) is 10.5 Å². The standard InChI is InChI=1S/C28H32N2O4/c1-5-10-19(6-2)17-23-18-34-27(33)30(23)26(32)25(29)28(3,4)22-15-13-21(14-16-22)24(31)20-11-8-7-9-12-20/h5-9,11-16,19,23,25H,1-2,10,17-18,29H2,3-4H3/t19?,23-,25+/m0/s1. The van der Waals surface area contributed by atoms with E-state index in [1.807, 2.05) is 32.0 Å². The topological polar surface area (TPSA) is 89.7 Å². The molecule has 1 aliphatic rings. The summed E-state index contributed by atoms with van der Waals surface area (Å²) in [5.41, 5.74) is 7.59. The lowest BCUT2D eigenvalue weighted by molar-refractivity contribution is -0.132. The van der Waals surface area contributed by atoms with Crippen LogP contribution >= 0.6 is 0 Å². The van der Waals surface area contributed by atoms with Gasteiger partial charge < -0.3 is 10.5 Å². The molecule has 2 amide bonds.